The minimum Gasteiger partial charge on any atom is -0.409 e. The van der Waals surface area contributed by atoms with Crippen LogP contribution in [0.4, 0.5) is 5.82 Å². The van der Waals surface area contributed by atoms with Crippen LogP contribution in [0.25, 0.3) is 0 Å². The summed E-state index contributed by atoms with van der Waals surface area (Å²) < 4.78 is 0. The molecule has 1 aliphatic rings. The van der Waals surface area contributed by atoms with E-state index in [9.17, 15) is 0 Å². The maximum atomic E-state index is 8.63. The van der Waals surface area contributed by atoms with Gasteiger partial charge in [0.1, 0.15) is 11.5 Å². The van der Waals surface area contributed by atoms with Crippen LogP contribution in [0.3, 0.4) is 0 Å². The van der Waals surface area contributed by atoms with E-state index in [2.05, 4.69) is 38.9 Å². The number of oxime groups is 1. The van der Waals surface area contributed by atoms with E-state index in [-0.39, 0.29) is 5.84 Å². The Morgan fingerprint density at radius 2 is 2.25 bits per heavy atom. The van der Waals surface area contributed by atoms with Crippen molar-refractivity contribution in [1.82, 2.24) is 14.9 Å². The van der Waals surface area contributed by atoms with Crippen LogP contribution < -0.4 is 10.6 Å². The van der Waals surface area contributed by atoms with E-state index < -0.39 is 0 Å². The van der Waals surface area contributed by atoms with Gasteiger partial charge in [0, 0.05) is 19.1 Å². The first-order valence-corrected chi connectivity index (χ1v) is 6.90. The van der Waals surface area contributed by atoms with Crippen LogP contribution in [0.5, 0.6) is 0 Å². The summed E-state index contributed by atoms with van der Waals surface area (Å²) in [6.07, 6.45) is 5.41. The van der Waals surface area contributed by atoms with Crippen molar-refractivity contribution in [1.29, 1.82) is 0 Å². The summed E-state index contributed by atoms with van der Waals surface area (Å²) in [7, 11) is 2.15. The molecule has 0 bridgehead atoms. The molecular weight excluding hydrogens is 256 g/mol. The molecule has 0 aromatic carbocycles. The average Bonchev–Trinajstić information content (AvgIpc) is 2.67. The molecule has 7 heteroatoms. The summed E-state index contributed by atoms with van der Waals surface area (Å²) >= 11 is 0. The highest BCUT2D eigenvalue weighted by molar-refractivity contribution is 5.94. The van der Waals surface area contributed by atoms with Crippen molar-refractivity contribution in [2.75, 3.05) is 31.6 Å². The summed E-state index contributed by atoms with van der Waals surface area (Å²) in [6, 6.07) is 0.437. The predicted molar refractivity (Wildman–Crippen MR) is 78.1 cm³/mol. The Bertz CT molecular complexity index is 460. The Kier molecular flexibility index (Phi) is 4.73. The maximum Gasteiger partial charge on any atom is 0.190 e. The third kappa shape index (κ3) is 3.16. The number of nitrogens with zero attached hydrogens (tertiary/aromatic N) is 5. The SMILES string of the molecule is CCC1CN(C)CCCN1c1cnc(C(N)=NO)cn1. The van der Waals surface area contributed by atoms with Gasteiger partial charge in [0.2, 0.25) is 0 Å². The Labute approximate surface area is 119 Å². The summed E-state index contributed by atoms with van der Waals surface area (Å²) in [5.74, 6) is 0.827. The number of anilines is 1. The number of likely N-dealkylation sites (N-methyl/N-ethyl adjacent to an activating group) is 1. The molecule has 20 heavy (non-hydrogen) atoms. The van der Waals surface area contributed by atoms with E-state index >= 15 is 0 Å². The molecule has 1 fully saturated rings. The highest BCUT2D eigenvalue weighted by Crippen LogP contribution is 2.19. The highest BCUT2D eigenvalue weighted by Gasteiger charge is 2.23. The summed E-state index contributed by atoms with van der Waals surface area (Å²) in [6.45, 7) is 5.29. The lowest BCUT2D eigenvalue weighted by Crippen LogP contribution is -2.40. The topological polar surface area (TPSA) is 90.9 Å². The number of aromatic nitrogens is 2. The molecule has 2 rings (SSSR count). The molecule has 3 N–H and O–H groups in total. The fraction of sp³-hybridized carbons (Fsp3) is 0.615. The molecule has 110 valence electrons. The van der Waals surface area contributed by atoms with Gasteiger partial charge in [0.05, 0.1) is 12.4 Å². The van der Waals surface area contributed by atoms with Gasteiger partial charge in [-0.05, 0) is 26.4 Å². The van der Waals surface area contributed by atoms with Gasteiger partial charge in [0.25, 0.3) is 0 Å². The van der Waals surface area contributed by atoms with E-state index in [1.54, 1.807) is 12.4 Å². The zero-order valence-electron chi connectivity index (χ0n) is 12.0. The molecule has 0 saturated carbocycles. The van der Waals surface area contributed by atoms with Gasteiger partial charge in [-0.1, -0.05) is 12.1 Å². The van der Waals surface area contributed by atoms with Gasteiger partial charge < -0.3 is 20.7 Å². The predicted octanol–water partition coefficient (Wildman–Crippen LogP) is 0.492. The number of hydrogen-bond donors (Lipinski definition) is 2. The largest absolute Gasteiger partial charge is 0.409 e. The number of hydrogen-bond acceptors (Lipinski definition) is 6. The van der Waals surface area contributed by atoms with Crippen molar-refractivity contribution in [3.63, 3.8) is 0 Å². The summed E-state index contributed by atoms with van der Waals surface area (Å²) in [5.41, 5.74) is 5.88. The van der Waals surface area contributed by atoms with Gasteiger partial charge in [0.15, 0.2) is 5.84 Å². The van der Waals surface area contributed by atoms with E-state index in [1.165, 1.54) is 0 Å². The molecule has 0 radical (unpaired) electrons. The van der Waals surface area contributed by atoms with Gasteiger partial charge in [-0.15, -0.1) is 0 Å². The van der Waals surface area contributed by atoms with Crippen LogP contribution in [0, 0.1) is 0 Å². The third-order valence-corrected chi connectivity index (χ3v) is 3.68. The van der Waals surface area contributed by atoms with Gasteiger partial charge >= 0.3 is 0 Å². The summed E-state index contributed by atoms with van der Waals surface area (Å²) in [5, 5.41) is 11.6. The van der Waals surface area contributed by atoms with E-state index in [4.69, 9.17) is 10.9 Å². The molecule has 0 aliphatic carbocycles. The molecule has 0 amide bonds. The first-order valence-electron chi connectivity index (χ1n) is 6.90. The van der Waals surface area contributed by atoms with Crippen LogP contribution in [0.1, 0.15) is 25.5 Å². The smallest absolute Gasteiger partial charge is 0.190 e. The molecule has 7 nitrogen and oxygen atoms in total. The normalized spacial score (nSPS) is 21.8. The van der Waals surface area contributed by atoms with Crippen LogP contribution in [0.2, 0.25) is 0 Å². The third-order valence-electron chi connectivity index (χ3n) is 3.68. The van der Waals surface area contributed by atoms with Crippen LogP contribution >= 0.6 is 0 Å². The number of nitrogens with two attached hydrogens (primary N) is 1. The van der Waals surface area contributed by atoms with Crippen LogP contribution in [-0.4, -0.2) is 58.6 Å². The second-order valence-corrected chi connectivity index (χ2v) is 5.12. The van der Waals surface area contributed by atoms with Gasteiger partial charge in [-0.3, -0.25) is 0 Å². The van der Waals surface area contributed by atoms with Crippen molar-refractivity contribution < 1.29 is 5.21 Å². The minimum atomic E-state index is -0.0216. The lowest BCUT2D eigenvalue weighted by Gasteiger charge is -2.30. The first-order chi connectivity index (χ1) is 9.65. The fourth-order valence-electron chi connectivity index (χ4n) is 2.55. The zero-order valence-corrected chi connectivity index (χ0v) is 12.0. The zero-order chi connectivity index (χ0) is 14.5. The van der Waals surface area contributed by atoms with Crippen LogP contribution in [0.15, 0.2) is 17.5 Å². The Balaban J connectivity index is 2.20. The lowest BCUT2D eigenvalue weighted by atomic mass is 10.2. The van der Waals surface area contributed by atoms with Crippen molar-refractivity contribution in [3.8, 4) is 0 Å². The van der Waals surface area contributed by atoms with E-state index in [0.29, 0.717) is 11.7 Å². The lowest BCUT2D eigenvalue weighted by molar-refractivity contribution is 0.318. The fourth-order valence-corrected chi connectivity index (χ4v) is 2.55. The van der Waals surface area contributed by atoms with Crippen molar-refractivity contribution >= 4 is 11.7 Å². The molecule has 1 aliphatic heterocycles. The molecule has 1 unspecified atom stereocenters. The molecule has 1 atom stereocenters. The van der Waals surface area contributed by atoms with Gasteiger partial charge in [-0.25, -0.2) is 9.97 Å². The monoisotopic (exact) mass is 278 g/mol. The van der Waals surface area contributed by atoms with E-state index in [0.717, 1.165) is 38.3 Å². The first kappa shape index (κ1) is 14.5. The molecule has 2 heterocycles. The molecule has 1 saturated heterocycles. The molecule has 1 aromatic rings. The molecular formula is C13H22N6O. The Morgan fingerprint density at radius 1 is 1.45 bits per heavy atom. The van der Waals surface area contributed by atoms with Crippen molar-refractivity contribution in [2.24, 2.45) is 10.9 Å². The highest BCUT2D eigenvalue weighted by atomic mass is 16.4. The standard InChI is InChI=1S/C13H22N6O/c1-3-10-9-18(2)5-4-6-19(10)12-8-15-11(7-16-12)13(14)17-20/h7-8,10,20H,3-6,9H2,1-2H3,(H2,14,17). The quantitative estimate of drug-likeness (QED) is 0.362. The average molecular weight is 278 g/mol. The maximum absolute atomic E-state index is 8.63. The number of rotatable bonds is 3. The van der Waals surface area contributed by atoms with Crippen molar-refractivity contribution in [2.45, 2.75) is 25.8 Å². The number of amidine groups is 1. The molecule has 1 aromatic heterocycles. The van der Waals surface area contributed by atoms with Gasteiger partial charge in [-0.2, -0.15) is 0 Å². The second-order valence-electron chi connectivity index (χ2n) is 5.12. The molecule has 0 spiro atoms. The Morgan fingerprint density at radius 3 is 2.85 bits per heavy atom. The van der Waals surface area contributed by atoms with Crippen LogP contribution in [-0.2, 0) is 0 Å². The summed E-state index contributed by atoms with van der Waals surface area (Å²) in [4.78, 5) is 13.3. The second kappa shape index (κ2) is 6.51. The van der Waals surface area contributed by atoms with E-state index in [1.807, 2.05) is 0 Å². The Hall–Kier alpha value is -1.89. The van der Waals surface area contributed by atoms with Crippen molar-refractivity contribution in [3.05, 3.63) is 18.1 Å². The minimum absolute atomic E-state index is 0.0216.